The highest BCUT2D eigenvalue weighted by molar-refractivity contribution is 5.85. The summed E-state index contributed by atoms with van der Waals surface area (Å²) >= 11 is 0. The highest BCUT2D eigenvalue weighted by atomic mass is 35.5. The number of ether oxygens (including phenoxy) is 2. The SMILES string of the molecule is Cl.Nc1cccc2c1CCCN2CC(=O)N1CCCC1c1ccc2c(c1)OCCO2. The fraction of sp³-hybridized carbons (Fsp3) is 0.435. The van der Waals surface area contributed by atoms with Crippen molar-refractivity contribution in [1.82, 2.24) is 4.90 Å². The van der Waals surface area contributed by atoms with Crippen molar-refractivity contribution in [3.63, 3.8) is 0 Å². The minimum Gasteiger partial charge on any atom is -0.486 e. The summed E-state index contributed by atoms with van der Waals surface area (Å²) in [5.74, 6) is 1.75. The second kappa shape index (κ2) is 8.64. The zero-order chi connectivity index (χ0) is 19.8. The van der Waals surface area contributed by atoms with Crippen LogP contribution in [0.5, 0.6) is 11.5 Å². The van der Waals surface area contributed by atoms with E-state index in [1.165, 1.54) is 5.56 Å². The fourth-order valence-electron chi connectivity index (χ4n) is 4.83. The number of likely N-dealkylation sites (tertiary alicyclic amines) is 1. The van der Waals surface area contributed by atoms with Gasteiger partial charge in [-0.3, -0.25) is 4.79 Å². The van der Waals surface area contributed by atoms with E-state index in [9.17, 15) is 4.79 Å². The quantitative estimate of drug-likeness (QED) is 0.755. The summed E-state index contributed by atoms with van der Waals surface area (Å²) in [6.45, 7) is 3.25. The zero-order valence-corrected chi connectivity index (χ0v) is 17.8. The number of carbonyl (C=O) groups is 1. The Labute approximate surface area is 183 Å². The molecule has 0 radical (unpaired) electrons. The molecule has 3 aliphatic heterocycles. The van der Waals surface area contributed by atoms with Gasteiger partial charge in [0, 0.05) is 24.5 Å². The number of anilines is 2. The molecular weight excluding hydrogens is 402 g/mol. The van der Waals surface area contributed by atoms with Crippen molar-refractivity contribution in [3.05, 3.63) is 47.5 Å². The molecule has 2 aromatic carbocycles. The monoisotopic (exact) mass is 429 g/mol. The van der Waals surface area contributed by atoms with Gasteiger partial charge in [-0.2, -0.15) is 0 Å². The van der Waals surface area contributed by atoms with Crippen LogP contribution in [0.25, 0.3) is 0 Å². The Morgan fingerprint density at radius 1 is 1.07 bits per heavy atom. The summed E-state index contributed by atoms with van der Waals surface area (Å²) in [6.07, 6.45) is 4.01. The van der Waals surface area contributed by atoms with Crippen LogP contribution >= 0.6 is 12.4 Å². The molecule has 1 fully saturated rings. The summed E-state index contributed by atoms with van der Waals surface area (Å²) < 4.78 is 11.4. The van der Waals surface area contributed by atoms with Crippen molar-refractivity contribution < 1.29 is 14.3 Å². The van der Waals surface area contributed by atoms with Gasteiger partial charge in [-0.15, -0.1) is 12.4 Å². The first kappa shape index (κ1) is 20.7. The van der Waals surface area contributed by atoms with Crippen LogP contribution in [0.15, 0.2) is 36.4 Å². The maximum Gasteiger partial charge on any atom is 0.242 e. The van der Waals surface area contributed by atoms with E-state index in [1.54, 1.807) is 0 Å². The number of fused-ring (bicyclic) bond motifs is 2. The number of hydrogen-bond acceptors (Lipinski definition) is 5. The molecule has 30 heavy (non-hydrogen) atoms. The van der Waals surface area contributed by atoms with Gasteiger partial charge >= 0.3 is 0 Å². The summed E-state index contributed by atoms with van der Waals surface area (Å²) in [5, 5.41) is 0. The lowest BCUT2D eigenvalue weighted by Gasteiger charge is -2.34. The molecule has 1 atom stereocenters. The Kier molecular flexibility index (Phi) is 5.95. The number of nitrogen functional groups attached to an aromatic ring is 1. The molecule has 160 valence electrons. The Bertz CT molecular complexity index is 936. The standard InChI is InChI=1S/C23H27N3O3.ClH/c24-18-5-1-6-20-17(18)4-2-10-25(20)15-23(27)26-11-3-7-19(26)16-8-9-21-22(14-16)29-13-12-28-21;/h1,5-6,8-9,14,19H,2-4,7,10-13,15,24H2;1H. The molecule has 0 spiro atoms. The third-order valence-electron chi connectivity index (χ3n) is 6.23. The lowest BCUT2D eigenvalue weighted by Crippen LogP contribution is -2.42. The first-order valence-electron chi connectivity index (χ1n) is 10.5. The topological polar surface area (TPSA) is 68.0 Å². The third-order valence-corrected chi connectivity index (χ3v) is 6.23. The average molecular weight is 430 g/mol. The zero-order valence-electron chi connectivity index (χ0n) is 17.0. The molecule has 0 aromatic heterocycles. The molecule has 1 saturated heterocycles. The minimum atomic E-state index is 0. The van der Waals surface area contributed by atoms with Crippen LogP contribution < -0.4 is 20.1 Å². The molecule has 0 bridgehead atoms. The van der Waals surface area contributed by atoms with Gasteiger partial charge in [0.05, 0.1) is 12.6 Å². The largest absolute Gasteiger partial charge is 0.486 e. The molecule has 0 saturated carbocycles. The van der Waals surface area contributed by atoms with Crippen LogP contribution in [0.4, 0.5) is 11.4 Å². The lowest BCUT2D eigenvalue weighted by molar-refractivity contribution is -0.130. The molecule has 3 heterocycles. The predicted molar refractivity (Wildman–Crippen MR) is 120 cm³/mol. The predicted octanol–water partition coefficient (Wildman–Crippen LogP) is 3.58. The smallest absolute Gasteiger partial charge is 0.242 e. The Hall–Kier alpha value is -2.60. The van der Waals surface area contributed by atoms with E-state index in [1.807, 2.05) is 29.2 Å². The van der Waals surface area contributed by atoms with Gasteiger partial charge in [0.25, 0.3) is 0 Å². The lowest BCUT2D eigenvalue weighted by atomic mass is 9.99. The van der Waals surface area contributed by atoms with Gasteiger partial charge in [0.2, 0.25) is 5.91 Å². The second-order valence-electron chi connectivity index (χ2n) is 8.02. The van der Waals surface area contributed by atoms with E-state index < -0.39 is 0 Å². The summed E-state index contributed by atoms with van der Waals surface area (Å²) in [7, 11) is 0. The molecule has 1 unspecified atom stereocenters. The molecule has 5 rings (SSSR count). The molecule has 1 amide bonds. The van der Waals surface area contributed by atoms with Crippen molar-refractivity contribution in [1.29, 1.82) is 0 Å². The molecular formula is C23H28ClN3O3. The van der Waals surface area contributed by atoms with Gasteiger partial charge in [-0.05, 0) is 61.1 Å². The number of halogens is 1. The molecule has 0 aliphatic carbocycles. The van der Waals surface area contributed by atoms with E-state index in [0.717, 1.165) is 67.2 Å². The number of nitrogens with zero attached hydrogens (tertiary/aromatic N) is 2. The van der Waals surface area contributed by atoms with Crippen molar-refractivity contribution >= 4 is 29.7 Å². The highest BCUT2D eigenvalue weighted by Gasteiger charge is 2.32. The Balaban J connectivity index is 0.00000218. The number of carbonyl (C=O) groups excluding carboxylic acids is 1. The molecule has 2 N–H and O–H groups in total. The third kappa shape index (κ3) is 3.76. The van der Waals surface area contributed by atoms with Gasteiger partial charge < -0.3 is 25.0 Å². The summed E-state index contributed by atoms with van der Waals surface area (Å²) in [4.78, 5) is 17.5. The normalized spacial score (nSPS) is 19.8. The van der Waals surface area contributed by atoms with Crippen molar-refractivity contribution in [3.8, 4) is 11.5 Å². The van der Waals surface area contributed by atoms with Crippen molar-refractivity contribution in [2.24, 2.45) is 0 Å². The van der Waals surface area contributed by atoms with E-state index in [0.29, 0.717) is 19.8 Å². The molecule has 6 nitrogen and oxygen atoms in total. The Morgan fingerprint density at radius 3 is 2.77 bits per heavy atom. The van der Waals surface area contributed by atoms with Crippen LogP contribution in [0.2, 0.25) is 0 Å². The minimum absolute atomic E-state index is 0. The molecule has 7 heteroatoms. The van der Waals surface area contributed by atoms with Gasteiger partial charge in [-0.25, -0.2) is 0 Å². The maximum absolute atomic E-state index is 13.3. The van der Waals surface area contributed by atoms with Crippen LogP contribution in [0, 0.1) is 0 Å². The van der Waals surface area contributed by atoms with E-state index in [-0.39, 0.29) is 24.4 Å². The second-order valence-corrected chi connectivity index (χ2v) is 8.02. The average Bonchev–Trinajstić information content (AvgIpc) is 3.24. The molecule has 3 aliphatic rings. The first-order valence-corrected chi connectivity index (χ1v) is 10.5. The number of nitrogens with two attached hydrogens (primary N) is 1. The van der Waals surface area contributed by atoms with Gasteiger partial charge in [-0.1, -0.05) is 12.1 Å². The fourth-order valence-corrected chi connectivity index (χ4v) is 4.83. The number of rotatable bonds is 3. The maximum atomic E-state index is 13.3. The summed E-state index contributed by atoms with van der Waals surface area (Å²) in [6, 6.07) is 12.2. The van der Waals surface area contributed by atoms with E-state index in [2.05, 4.69) is 17.0 Å². The number of amides is 1. The highest BCUT2D eigenvalue weighted by Crippen LogP contribution is 2.38. The van der Waals surface area contributed by atoms with Crippen molar-refractivity contribution in [2.45, 2.75) is 31.7 Å². The van der Waals surface area contributed by atoms with Gasteiger partial charge in [0.1, 0.15) is 13.2 Å². The van der Waals surface area contributed by atoms with Crippen LogP contribution in [-0.4, -0.2) is 43.7 Å². The number of hydrogen-bond donors (Lipinski definition) is 1. The first-order chi connectivity index (χ1) is 14.2. The Morgan fingerprint density at radius 2 is 1.90 bits per heavy atom. The van der Waals surface area contributed by atoms with Crippen LogP contribution in [0.1, 0.15) is 36.4 Å². The van der Waals surface area contributed by atoms with E-state index >= 15 is 0 Å². The van der Waals surface area contributed by atoms with Crippen molar-refractivity contribution in [2.75, 3.05) is 43.5 Å². The number of benzene rings is 2. The van der Waals surface area contributed by atoms with Crippen LogP contribution in [0.3, 0.4) is 0 Å². The summed E-state index contributed by atoms with van der Waals surface area (Å²) in [5.41, 5.74) is 10.4. The van der Waals surface area contributed by atoms with E-state index in [4.69, 9.17) is 15.2 Å². The van der Waals surface area contributed by atoms with Crippen LogP contribution in [-0.2, 0) is 11.2 Å². The molecule has 2 aromatic rings. The van der Waals surface area contributed by atoms with Gasteiger partial charge in [0.15, 0.2) is 11.5 Å².